The highest BCUT2D eigenvalue weighted by atomic mass is 16.3. The van der Waals surface area contributed by atoms with Crippen LogP contribution in [0.3, 0.4) is 0 Å². The van der Waals surface area contributed by atoms with Crippen LogP contribution in [0.1, 0.15) is 49.6 Å². The van der Waals surface area contributed by atoms with E-state index in [-0.39, 0.29) is 5.78 Å². The maximum atomic E-state index is 12.0. The van der Waals surface area contributed by atoms with Gasteiger partial charge in [-0.2, -0.15) is 0 Å². The summed E-state index contributed by atoms with van der Waals surface area (Å²) in [6.07, 6.45) is 7.70. The quantitative estimate of drug-likeness (QED) is 0.735. The van der Waals surface area contributed by atoms with Gasteiger partial charge < -0.3 is 4.42 Å². The van der Waals surface area contributed by atoms with E-state index in [4.69, 9.17) is 4.42 Å². The van der Waals surface area contributed by atoms with E-state index in [9.17, 15) is 4.79 Å². The van der Waals surface area contributed by atoms with E-state index in [1.165, 1.54) is 32.1 Å². The normalized spacial score (nSPS) is 21.6. The number of furan rings is 1. The summed E-state index contributed by atoms with van der Waals surface area (Å²) in [5.41, 5.74) is 0. The Balaban J connectivity index is 1.93. The third-order valence-electron chi connectivity index (χ3n) is 3.51. The molecule has 3 nitrogen and oxygen atoms in total. The van der Waals surface area contributed by atoms with Gasteiger partial charge in [0.15, 0.2) is 5.76 Å². The van der Waals surface area contributed by atoms with Crippen LogP contribution in [0.2, 0.25) is 0 Å². The molecule has 1 aliphatic rings. The van der Waals surface area contributed by atoms with Crippen molar-refractivity contribution < 1.29 is 9.21 Å². The van der Waals surface area contributed by atoms with E-state index < -0.39 is 0 Å². The van der Waals surface area contributed by atoms with Gasteiger partial charge in [-0.15, -0.1) is 0 Å². The molecule has 1 saturated heterocycles. The van der Waals surface area contributed by atoms with Crippen molar-refractivity contribution in [2.24, 2.45) is 0 Å². The van der Waals surface area contributed by atoms with Crippen molar-refractivity contribution >= 4 is 5.78 Å². The van der Waals surface area contributed by atoms with Crippen molar-refractivity contribution in [1.29, 1.82) is 0 Å². The Morgan fingerprint density at radius 2 is 2.41 bits per heavy atom. The first-order chi connectivity index (χ1) is 8.31. The van der Waals surface area contributed by atoms with Gasteiger partial charge in [0.1, 0.15) is 0 Å². The molecule has 0 bridgehead atoms. The molecule has 1 fully saturated rings. The zero-order chi connectivity index (χ0) is 12.1. The van der Waals surface area contributed by atoms with Gasteiger partial charge in [-0.1, -0.05) is 19.8 Å². The lowest BCUT2D eigenvalue weighted by Gasteiger charge is -2.34. The van der Waals surface area contributed by atoms with Gasteiger partial charge in [-0.25, -0.2) is 0 Å². The summed E-state index contributed by atoms with van der Waals surface area (Å²) in [5, 5.41) is 0. The maximum absolute atomic E-state index is 12.0. The molecule has 0 aromatic carbocycles. The molecule has 0 saturated carbocycles. The smallest absolute Gasteiger partial charge is 0.211 e. The van der Waals surface area contributed by atoms with Gasteiger partial charge >= 0.3 is 0 Å². The highest BCUT2D eigenvalue weighted by Gasteiger charge is 2.24. The predicted molar refractivity (Wildman–Crippen MR) is 67.2 cm³/mol. The van der Waals surface area contributed by atoms with Crippen LogP contribution >= 0.6 is 0 Å². The number of hydrogen-bond donors (Lipinski definition) is 0. The number of piperidine rings is 1. The van der Waals surface area contributed by atoms with E-state index in [0.29, 0.717) is 18.3 Å². The van der Waals surface area contributed by atoms with Crippen molar-refractivity contribution in [3.63, 3.8) is 0 Å². The van der Waals surface area contributed by atoms with Gasteiger partial charge in [0, 0.05) is 6.04 Å². The molecule has 0 N–H and O–H groups in total. The number of carbonyl (C=O) groups is 1. The van der Waals surface area contributed by atoms with Crippen LogP contribution in [0.4, 0.5) is 0 Å². The Labute approximate surface area is 103 Å². The van der Waals surface area contributed by atoms with E-state index in [1.54, 1.807) is 18.4 Å². The zero-order valence-electron chi connectivity index (χ0n) is 10.5. The SMILES string of the molecule is CCCC1CCCCN1CC(=O)c1ccco1. The standard InChI is InChI=1S/C14H21NO2/c1-2-6-12-7-3-4-9-15(12)11-13(16)14-8-5-10-17-14/h5,8,10,12H,2-4,6-7,9,11H2,1H3. The Bertz CT molecular complexity index is 343. The lowest BCUT2D eigenvalue weighted by Crippen LogP contribution is -2.42. The molecule has 17 heavy (non-hydrogen) atoms. The van der Waals surface area contributed by atoms with Crippen LogP contribution in [-0.2, 0) is 0 Å². The number of rotatable bonds is 5. The highest BCUT2D eigenvalue weighted by molar-refractivity contribution is 5.95. The molecule has 0 amide bonds. The van der Waals surface area contributed by atoms with Crippen molar-refractivity contribution in [3.8, 4) is 0 Å². The summed E-state index contributed by atoms with van der Waals surface area (Å²) >= 11 is 0. The molecular formula is C14H21NO2. The van der Waals surface area contributed by atoms with Crippen molar-refractivity contribution in [2.75, 3.05) is 13.1 Å². The molecular weight excluding hydrogens is 214 g/mol. The molecule has 94 valence electrons. The molecule has 0 spiro atoms. The molecule has 0 radical (unpaired) electrons. The summed E-state index contributed by atoms with van der Waals surface area (Å²) in [6.45, 7) is 3.77. The van der Waals surface area contributed by atoms with E-state index in [2.05, 4.69) is 11.8 Å². The average Bonchev–Trinajstić information content (AvgIpc) is 2.85. The predicted octanol–water partition coefficient (Wildman–Crippen LogP) is 3.12. The fourth-order valence-electron chi connectivity index (χ4n) is 2.63. The molecule has 2 rings (SSSR count). The summed E-state index contributed by atoms with van der Waals surface area (Å²) < 4.78 is 5.16. The summed E-state index contributed by atoms with van der Waals surface area (Å²) in [6, 6.07) is 4.11. The van der Waals surface area contributed by atoms with Crippen molar-refractivity contribution in [1.82, 2.24) is 4.90 Å². The first-order valence-electron chi connectivity index (χ1n) is 6.62. The number of likely N-dealkylation sites (tertiary alicyclic amines) is 1. The summed E-state index contributed by atoms with van der Waals surface area (Å²) in [4.78, 5) is 14.3. The van der Waals surface area contributed by atoms with Gasteiger partial charge in [0.05, 0.1) is 12.8 Å². The Morgan fingerprint density at radius 1 is 1.53 bits per heavy atom. The lowest BCUT2D eigenvalue weighted by atomic mass is 9.98. The minimum atomic E-state index is 0.109. The van der Waals surface area contributed by atoms with Crippen molar-refractivity contribution in [3.05, 3.63) is 24.2 Å². The van der Waals surface area contributed by atoms with Crippen LogP contribution in [0, 0.1) is 0 Å². The summed E-state index contributed by atoms with van der Waals surface area (Å²) in [7, 11) is 0. The molecule has 2 heterocycles. The second kappa shape index (κ2) is 6.01. The van der Waals surface area contributed by atoms with Crippen LogP contribution < -0.4 is 0 Å². The largest absolute Gasteiger partial charge is 0.461 e. The van der Waals surface area contributed by atoms with Crippen LogP contribution in [0.5, 0.6) is 0 Å². The molecule has 1 unspecified atom stereocenters. The average molecular weight is 235 g/mol. The van der Waals surface area contributed by atoms with Crippen molar-refractivity contribution in [2.45, 2.75) is 45.1 Å². The first-order valence-corrected chi connectivity index (χ1v) is 6.62. The van der Waals surface area contributed by atoms with Gasteiger partial charge in [-0.3, -0.25) is 9.69 Å². The van der Waals surface area contributed by atoms with Crippen LogP contribution in [0.15, 0.2) is 22.8 Å². The Morgan fingerprint density at radius 3 is 3.12 bits per heavy atom. The minimum absolute atomic E-state index is 0.109. The van der Waals surface area contributed by atoms with Gasteiger partial charge in [0.25, 0.3) is 0 Å². The number of carbonyl (C=O) groups excluding carboxylic acids is 1. The maximum Gasteiger partial charge on any atom is 0.211 e. The molecule has 1 aromatic rings. The molecule has 3 heteroatoms. The number of Topliss-reactive ketones (excluding diaryl/α,β-unsaturated/α-hetero) is 1. The molecule has 1 aliphatic heterocycles. The topological polar surface area (TPSA) is 33.5 Å². The fraction of sp³-hybridized carbons (Fsp3) is 0.643. The van der Waals surface area contributed by atoms with E-state index in [0.717, 1.165) is 6.54 Å². The first kappa shape index (κ1) is 12.4. The fourth-order valence-corrected chi connectivity index (χ4v) is 2.63. The third kappa shape index (κ3) is 3.19. The molecule has 1 atom stereocenters. The number of ketones is 1. The van der Waals surface area contributed by atoms with E-state index >= 15 is 0 Å². The molecule has 1 aromatic heterocycles. The third-order valence-corrected chi connectivity index (χ3v) is 3.51. The number of hydrogen-bond acceptors (Lipinski definition) is 3. The van der Waals surface area contributed by atoms with Gasteiger partial charge in [-0.05, 0) is 37.9 Å². The Hall–Kier alpha value is -1.09. The molecule has 0 aliphatic carbocycles. The Kier molecular flexibility index (Phi) is 4.37. The summed E-state index contributed by atoms with van der Waals surface area (Å²) in [5.74, 6) is 0.601. The van der Waals surface area contributed by atoms with Crippen LogP contribution in [-0.4, -0.2) is 29.8 Å². The van der Waals surface area contributed by atoms with E-state index in [1.807, 2.05) is 0 Å². The van der Waals surface area contributed by atoms with Crippen LogP contribution in [0.25, 0.3) is 0 Å². The second-order valence-electron chi connectivity index (χ2n) is 4.81. The second-order valence-corrected chi connectivity index (χ2v) is 4.81. The number of nitrogens with zero attached hydrogens (tertiary/aromatic N) is 1. The lowest BCUT2D eigenvalue weighted by molar-refractivity contribution is 0.0805. The highest BCUT2D eigenvalue weighted by Crippen LogP contribution is 2.21. The monoisotopic (exact) mass is 235 g/mol. The minimum Gasteiger partial charge on any atom is -0.461 e. The zero-order valence-corrected chi connectivity index (χ0v) is 10.5. The van der Waals surface area contributed by atoms with Gasteiger partial charge in [0.2, 0.25) is 5.78 Å².